The molecule has 0 aliphatic heterocycles. The van der Waals surface area contributed by atoms with E-state index in [4.69, 9.17) is 0 Å². The molecule has 0 heterocycles. The third kappa shape index (κ3) is 3.31. The van der Waals surface area contributed by atoms with Gasteiger partial charge in [0.05, 0.1) is 4.47 Å². The maximum absolute atomic E-state index is 13.0. The monoisotopic (exact) mass is 262 g/mol. The van der Waals surface area contributed by atoms with Crippen molar-refractivity contribution < 1.29 is 4.39 Å². The molecule has 0 aromatic heterocycles. The van der Waals surface area contributed by atoms with E-state index < -0.39 is 0 Å². The molecule has 0 unspecified atom stereocenters. The standard InChI is InChI=1S/C10H12BrFS/c1-7(2)13-6-8-4-3-5-9(12)10(8)11/h3-5,7H,6H2,1-2H3. The molecule has 0 nitrogen and oxygen atoms in total. The average Bonchev–Trinajstić information content (AvgIpc) is 2.07. The molecule has 0 atom stereocenters. The predicted molar refractivity (Wildman–Crippen MR) is 60.5 cm³/mol. The van der Waals surface area contributed by atoms with Gasteiger partial charge >= 0.3 is 0 Å². The lowest BCUT2D eigenvalue weighted by atomic mass is 10.2. The van der Waals surface area contributed by atoms with Crippen LogP contribution in [0.4, 0.5) is 4.39 Å². The van der Waals surface area contributed by atoms with Gasteiger partial charge in [0, 0.05) is 5.75 Å². The fourth-order valence-corrected chi connectivity index (χ4v) is 2.26. The van der Waals surface area contributed by atoms with Gasteiger partial charge in [-0.05, 0) is 32.8 Å². The van der Waals surface area contributed by atoms with E-state index in [0.29, 0.717) is 9.72 Å². The summed E-state index contributed by atoms with van der Waals surface area (Å²) in [6, 6.07) is 5.16. The van der Waals surface area contributed by atoms with Crippen molar-refractivity contribution >= 4 is 27.7 Å². The molecule has 0 radical (unpaired) electrons. The van der Waals surface area contributed by atoms with Crippen molar-refractivity contribution in [1.82, 2.24) is 0 Å². The summed E-state index contributed by atoms with van der Waals surface area (Å²) in [6.07, 6.45) is 0. The van der Waals surface area contributed by atoms with E-state index >= 15 is 0 Å². The van der Waals surface area contributed by atoms with Gasteiger partial charge in [-0.1, -0.05) is 26.0 Å². The molecule has 3 heteroatoms. The summed E-state index contributed by atoms with van der Waals surface area (Å²) in [5.74, 6) is 0.678. The van der Waals surface area contributed by atoms with Gasteiger partial charge in [0.25, 0.3) is 0 Å². The minimum atomic E-state index is -0.179. The van der Waals surface area contributed by atoms with Crippen LogP contribution in [0.25, 0.3) is 0 Å². The van der Waals surface area contributed by atoms with Crippen molar-refractivity contribution in [3.05, 3.63) is 34.1 Å². The summed E-state index contributed by atoms with van der Waals surface area (Å²) in [5.41, 5.74) is 1.03. The Labute approximate surface area is 91.0 Å². The van der Waals surface area contributed by atoms with Gasteiger partial charge in [-0.2, -0.15) is 11.8 Å². The Morgan fingerprint density at radius 1 is 1.46 bits per heavy atom. The molecular weight excluding hydrogens is 251 g/mol. The van der Waals surface area contributed by atoms with Crippen molar-refractivity contribution in [3.8, 4) is 0 Å². The molecule has 0 fully saturated rings. The van der Waals surface area contributed by atoms with Crippen LogP contribution in [-0.2, 0) is 5.75 Å². The summed E-state index contributed by atoms with van der Waals surface area (Å²) in [5, 5.41) is 0.579. The van der Waals surface area contributed by atoms with Crippen LogP contribution in [0.1, 0.15) is 19.4 Å². The number of rotatable bonds is 3. The lowest BCUT2D eigenvalue weighted by Crippen LogP contribution is -1.91. The zero-order valence-corrected chi connectivity index (χ0v) is 10.1. The second-order valence-electron chi connectivity index (χ2n) is 3.07. The van der Waals surface area contributed by atoms with E-state index in [-0.39, 0.29) is 5.82 Å². The minimum Gasteiger partial charge on any atom is -0.206 e. The van der Waals surface area contributed by atoms with Gasteiger partial charge in [-0.3, -0.25) is 0 Å². The van der Waals surface area contributed by atoms with Gasteiger partial charge in [-0.15, -0.1) is 0 Å². The molecule has 0 N–H and O–H groups in total. The maximum Gasteiger partial charge on any atom is 0.137 e. The van der Waals surface area contributed by atoms with Crippen LogP contribution in [0.3, 0.4) is 0 Å². The Bertz CT molecular complexity index is 286. The van der Waals surface area contributed by atoms with Crippen molar-refractivity contribution in [3.63, 3.8) is 0 Å². The van der Waals surface area contributed by atoms with Gasteiger partial charge < -0.3 is 0 Å². The second-order valence-corrected chi connectivity index (χ2v) is 5.43. The van der Waals surface area contributed by atoms with Crippen LogP contribution in [0.2, 0.25) is 0 Å². The normalized spacial score (nSPS) is 10.8. The quantitative estimate of drug-likeness (QED) is 0.786. The molecule has 0 saturated carbocycles. The number of benzene rings is 1. The Kier molecular flexibility index (Phi) is 4.26. The first-order chi connectivity index (χ1) is 6.11. The highest BCUT2D eigenvalue weighted by molar-refractivity contribution is 9.10. The van der Waals surface area contributed by atoms with Crippen molar-refractivity contribution in [2.75, 3.05) is 0 Å². The summed E-state index contributed by atoms with van der Waals surface area (Å²) in [6.45, 7) is 4.27. The van der Waals surface area contributed by atoms with Gasteiger partial charge in [0.15, 0.2) is 0 Å². The Morgan fingerprint density at radius 2 is 2.15 bits per heavy atom. The molecule has 1 aromatic carbocycles. The number of hydrogen-bond acceptors (Lipinski definition) is 1. The Hall–Kier alpha value is -0.0200. The Morgan fingerprint density at radius 3 is 2.77 bits per heavy atom. The highest BCUT2D eigenvalue weighted by Gasteiger charge is 2.05. The minimum absolute atomic E-state index is 0.179. The van der Waals surface area contributed by atoms with Gasteiger partial charge in [0.1, 0.15) is 5.82 Å². The summed E-state index contributed by atoms with van der Waals surface area (Å²) in [4.78, 5) is 0. The van der Waals surface area contributed by atoms with Crippen molar-refractivity contribution in [2.24, 2.45) is 0 Å². The first-order valence-electron chi connectivity index (χ1n) is 4.15. The number of halogens is 2. The third-order valence-corrected chi connectivity index (χ3v) is 3.64. The molecule has 0 aliphatic carbocycles. The molecule has 0 amide bonds. The van der Waals surface area contributed by atoms with E-state index in [2.05, 4.69) is 29.8 Å². The van der Waals surface area contributed by atoms with Crippen LogP contribution in [0.5, 0.6) is 0 Å². The number of hydrogen-bond donors (Lipinski definition) is 0. The lowest BCUT2D eigenvalue weighted by Gasteiger charge is -2.06. The first kappa shape index (κ1) is 11.1. The summed E-state index contributed by atoms with van der Waals surface area (Å²) >= 11 is 5.05. The van der Waals surface area contributed by atoms with Crippen LogP contribution < -0.4 is 0 Å². The van der Waals surface area contributed by atoms with E-state index in [9.17, 15) is 4.39 Å². The highest BCUT2D eigenvalue weighted by Crippen LogP contribution is 2.25. The maximum atomic E-state index is 13.0. The van der Waals surface area contributed by atoms with E-state index in [1.54, 1.807) is 6.07 Å². The molecule has 0 bridgehead atoms. The van der Waals surface area contributed by atoms with Crippen molar-refractivity contribution in [1.29, 1.82) is 0 Å². The molecule has 0 spiro atoms. The summed E-state index contributed by atoms with van der Waals surface area (Å²) < 4.78 is 13.6. The molecular formula is C10H12BrFS. The molecule has 0 saturated heterocycles. The van der Waals surface area contributed by atoms with Gasteiger partial charge in [0.2, 0.25) is 0 Å². The topological polar surface area (TPSA) is 0 Å². The van der Waals surface area contributed by atoms with Crippen LogP contribution in [0, 0.1) is 5.82 Å². The third-order valence-electron chi connectivity index (χ3n) is 1.60. The molecule has 13 heavy (non-hydrogen) atoms. The Balaban J connectivity index is 2.71. The smallest absolute Gasteiger partial charge is 0.137 e. The van der Waals surface area contributed by atoms with Crippen molar-refractivity contribution in [2.45, 2.75) is 24.9 Å². The largest absolute Gasteiger partial charge is 0.206 e. The van der Waals surface area contributed by atoms with Crippen LogP contribution >= 0.6 is 27.7 Å². The van der Waals surface area contributed by atoms with Gasteiger partial charge in [-0.25, -0.2) is 4.39 Å². The fourth-order valence-electron chi connectivity index (χ4n) is 0.916. The van der Waals surface area contributed by atoms with E-state index in [0.717, 1.165) is 11.3 Å². The zero-order valence-electron chi connectivity index (χ0n) is 7.68. The van der Waals surface area contributed by atoms with Crippen LogP contribution in [-0.4, -0.2) is 5.25 Å². The zero-order chi connectivity index (χ0) is 9.84. The lowest BCUT2D eigenvalue weighted by molar-refractivity contribution is 0.619. The average molecular weight is 263 g/mol. The SMILES string of the molecule is CC(C)SCc1cccc(F)c1Br. The van der Waals surface area contributed by atoms with E-state index in [1.165, 1.54) is 6.07 Å². The molecule has 0 aliphatic rings. The molecule has 72 valence electrons. The molecule has 1 aromatic rings. The highest BCUT2D eigenvalue weighted by atomic mass is 79.9. The number of thioether (sulfide) groups is 1. The predicted octanol–water partition coefficient (Wildman–Crippen LogP) is 4.23. The molecule has 1 rings (SSSR count). The van der Waals surface area contributed by atoms with E-state index in [1.807, 2.05) is 17.8 Å². The second kappa shape index (κ2) is 5.01. The fraction of sp³-hybridized carbons (Fsp3) is 0.400. The first-order valence-corrected chi connectivity index (χ1v) is 6.00. The van der Waals surface area contributed by atoms with Crippen LogP contribution in [0.15, 0.2) is 22.7 Å². The summed E-state index contributed by atoms with van der Waals surface area (Å²) in [7, 11) is 0.